The molecule has 0 amide bonds. The molecule has 2 aromatic carbocycles. The van der Waals surface area contributed by atoms with E-state index in [0.717, 1.165) is 11.1 Å². The average Bonchev–Trinajstić information content (AvgIpc) is 2.39. The quantitative estimate of drug-likeness (QED) is 0.825. The molecule has 0 aliphatic rings. The zero-order valence-corrected chi connectivity index (χ0v) is 12.6. The van der Waals surface area contributed by atoms with Crippen LogP contribution in [0.2, 0.25) is 0 Å². The second-order valence-electron chi connectivity index (χ2n) is 4.35. The minimum absolute atomic E-state index is 0. The van der Waals surface area contributed by atoms with Gasteiger partial charge >= 0.3 is 11.9 Å². The summed E-state index contributed by atoms with van der Waals surface area (Å²) in [7, 11) is 0. The predicted octanol–water partition coefficient (Wildman–Crippen LogP) is 3.38. The molecule has 0 atom stereocenters. The van der Waals surface area contributed by atoms with Gasteiger partial charge in [-0.05, 0) is 38.1 Å². The smallest absolute Gasteiger partial charge is 0.335 e. The van der Waals surface area contributed by atoms with Gasteiger partial charge in [0.1, 0.15) is 0 Å². The maximum atomic E-state index is 10.4. The van der Waals surface area contributed by atoms with Gasteiger partial charge < -0.3 is 10.2 Å². The van der Waals surface area contributed by atoms with Gasteiger partial charge in [0.05, 0.1) is 11.1 Å². The molecule has 0 aliphatic heterocycles. The van der Waals surface area contributed by atoms with Crippen molar-refractivity contribution in [2.45, 2.75) is 13.8 Å². The molecule has 0 heterocycles. The molecule has 1 radical (unpaired) electrons. The van der Waals surface area contributed by atoms with Crippen molar-refractivity contribution >= 4 is 11.9 Å². The molecule has 21 heavy (non-hydrogen) atoms. The fraction of sp³-hybridized carbons (Fsp3) is 0.125. The zero-order valence-electron chi connectivity index (χ0n) is 11.6. The monoisotopic (exact) mass is 335 g/mol. The molecule has 2 rings (SSSR count). The van der Waals surface area contributed by atoms with Crippen molar-refractivity contribution in [3.63, 3.8) is 0 Å². The van der Waals surface area contributed by atoms with Gasteiger partial charge in [-0.25, -0.2) is 9.59 Å². The first-order valence-electron chi connectivity index (χ1n) is 6.00. The van der Waals surface area contributed by atoms with Crippen molar-refractivity contribution in [1.29, 1.82) is 0 Å². The maximum absolute atomic E-state index is 10.4. The van der Waals surface area contributed by atoms with Gasteiger partial charge in [-0.1, -0.05) is 35.4 Å². The van der Waals surface area contributed by atoms with Crippen LogP contribution in [0.15, 0.2) is 48.5 Å². The van der Waals surface area contributed by atoms with Gasteiger partial charge in [0.2, 0.25) is 0 Å². The summed E-state index contributed by atoms with van der Waals surface area (Å²) < 4.78 is 0. The molecular weight excluding hydrogens is 320 g/mol. The van der Waals surface area contributed by atoms with Crippen LogP contribution in [-0.4, -0.2) is 22.2 Å². The van der Waals surface area contributed by atoms with Crippen molar-refractivity contribution in [1.82, 2.24) is 0 Å². The van der Waals surface area contributed by atoms with Gasteiger partial charge in [0.25, 0.3) is 0 Å². The van der Waals surface area contributed by atoms with Crippen molar-refractivity contribution in [3.05, 3.63) is 70.8 Å². The molecule has 0 bridgehead atoms. The third-order valence-electron chi connectivity index (χ3n) is 2.53. The van der Waals surface area contributed by atoms with Crippen molar-refractivity contribution < 1.29 is 36.9 Å². The van der Waals surface area contributed by atoms with Crippen LogP contribution in [0.5, 0.6) is 0 Å². The van der Waals surface area contributed by atoms with E-state index in [1.807, 2.05) is 26.0 Å². The predicted molar refractivity (Wildman–Crippen MR) is 76.3 cm³/mol. The number of benzene rings is 2. The van der Waals surface area contributed by atoms with Gasteiger partial charge in [-0.2, -0.15) is 0 Å². The van der Waals surface area contributed by atoms with E-state index in [9.17, 15) is 9.59 Å². The number of carboxylic acid groups (broad SMARTS) is 2. The Morgan fingerprint density at radius 2 is 1.10 bits per heavy atom. The third-order valence-corrected chi connectivity index (χ3v) is 2.53. The maximum Gasteiger partial charge on any atom is 0.335 e. The first-order valence-corrected chi connectivity index (χ1v) is 6.00. The van der Waals surface area contributed by atoms with E-state index in [2.05, 4.69) is 0 Å². The van der Waals surface area contributed by atoms with Crippen LogP contribution in [0.4, 0.5) is 0 Å². The summed E-state index contributed by atoms with van der Waals surface area (Å²) in [6.45, 7) is 3.74. The molecule has 2 N–H and O–H groups in total. The van der Waals surface area contributed by atoms with Crippen LogP contribution in [0.1, 0.15) is 31.8 Å². The number of carboxylic acids is 2. The fourth-order valence-corrected chi connectivity index (χ4v) is 1.56. The largest absolute Gasteiger partial charge is 0.478 e. The molecule has 0 aliphatic carbocycles. The van der Waals surface area contributed by atoms with Crippen LogP contribution >= 0.6 is 0 Å². The normalized spacial score (nSPS) is 8.86. The Morgan fingerprint density at radius 3 is 1.29 bits per heavy atom. The van der Waals surface area contributed by atoms with E-state index in [1.165, 1.54) is 0 Å². The SMILES string of the molecule is Cc1cccc(C(=O)O)c1.Cc1cccc(C(=O)O)c1.[Cu]. The van der Waals surface area contributed by atoms with Crippen molar-refractivity contribution in [3.8, 4) is 0 Å². The van der Waals surface area contributed by atoms with E-state index in [0.29, 0.717) is 11.1 Å². The molecule has 5 heteroatoms. The number of carbonyl (C=O) groups is 2. The Labute approximate surface area is 133 Å². The number of aryl methyl sites for hydroxylation is 2. The fourth-order valence-electron chi connectivity index (χ4n) is 1.56. The topological polar surface area (TPSA) is 74.6 Å². The van der Waals surface area contributed by atoms with E-state index in [-0.39, 0.29) is 17.1 Å². The number of rotatable bonds is 2. The van der Waals surface area contributed by atoms with Crippen molar-refractivity contribution in [2.75, 3.05) is 0 Å². The van der Waals surface area contributed by atoms with Gasteiger partial charge in [0, 0.05) is 17.1 Å². The van der Waals surface area contributed by atoms with Gasteiger partial charge in [0.15, 0.2) is 0 Å². The third kappa shape index (κ3) is 6.75. The molecule has 0 fully saturated rings. The molecule has 0 saturated carbocycles. The van der Waals surface area contributed by atoms with Gasteiger partial charge in [-0.15, -0.1) is 0 Å². The van der Waals surface area contributed by atoms with E-state index >= 15 is 0 Å². The summed E-state index contributed by atoms with van der Waals surface area (Å²) in [6, 6.07) is 13.6. The summed E-state index contributed by atoms with van der Waals surface area (Å²) in [4.78, 5) is 20.7. The van der Waals surface area contributed by atoms with Gasteiger partial charge in [-0.3, -0.25) is 0 Å². The Morgan fingerprint density at radius 1 is 0.762 bits per heavy atom. The summed E-state index contributed by atoms with van der Waals surface area (Å²) in [5, 5.41) is 17.0. The Hall–Kier alpha value is -2.10. The van der Waals surface area contributed by atoms with E-state index < -0.39 is 11.9 Å². The molecule has 0 saturated heterocycles. The molecule has 0 unspecified atom stereocenters. The molecule has 0 spiro atoms. The van der Waals surface area contributed by atoms with Crippen LogP contribution in [0.3, 0.4) is 0 Å². The summed E-state index contributed by atoms with van der Waals surface area (Å²) >= 11 is 0. The first-order chi connectivity index (χ1) is 9.40. The number of hydrogen-bond acceptors (Lipinski definition) is 2. The minimum atomic E-state index is -0.872. The molecule has 115 valence electrons. The molecule has 0 aromatic heterocycles. The van der Waals surface area contributed by atoms with Crippen LogP contribution in [-0.2, 0) is 17.1 Å². The van der Waals surface area contributed by atoms with E-state index in [1.54, 1.807) is 36.4 Å². The first kappa shape index (κ1) is 18.9. The zero-order chi connectivity index (χ0) is 15.1. The van der Waals surface area contributed by atoms with Crippen LogP contribution in [0, 0.1) is 13.8 Å². The second kappa shape index (κ2) is 8.95. The van der Waals surface area contributed by atoms with Crippen molar-refractivity contribution in [2.24, 2.45) is 0 Å². The average molecular weight is 336 g/mol. The summed E-state index contributed by atoms with van der Waals surface area (Å²) in [5.41, 5.74) is 2.64. The number of aromatic carboxylic acids is 2. The summed E-state index contributed by atoms with van der Waals surface area (Å²) in [6.07, 6.45) is 0. The molecule has 2 aromatic rings. The molecular formula is C16H16CuO4. The summed E-state index contributed by atoms with van der Waals surface area (Å²) in [5.74, 6) is -1.74. The number of hydrogen-bond donors (Lipinski definition) is 2. The van der Waals surface area contributed by atoms with Crippen LogP contribution in [0.25, 0.3) is 0 Å². The van der Waals surface area contributed by atoms with E-state index in [4.69, 9.17) is 10.2 Å². The minimum Gasteiger partial charge on any atom is -0.478 e. The Kier molecular flexibility index (Phi) is 8.05. The second-order valence-corrected chi connectivity index (χ2v) is 4.35. The van der Waals surface area contributed by atoms with Crippen LogP contribution < -0.4 is 0 Å². The Balaban J connectivity index is 0.000000364. The Bertz CT molecular complexity index is 568. The standard InChI is InChI=1S/2C8H8O2.Cu/c2*1-6-3-2-4-7(5-6)8(9)10;/h2*2-5H,1H3,(H,9,10);. The molecule has 4 nitrogen and oxygen atoms in total.